The Hall–Kier alpha value is -4.05. The molecule has 5 rings (SSSR count). The number of rotatable bonds is 9. The predicted octanol–water partition coefficient (Wildman–Crippen LogP) is 3.22. The molecule has 10 nitrogen and oxygen atoms in total. The lowest BCUT2D eigenvalue weighted by atomic mass is 10.2. The topological polar surface area (TPSA) is 103 Å². The quantitative estimate of drug-likeness (QED) is 0.284. The van der Waals surface area contributed by atoms with Crippen LogP contribution in [0.15, 0.2) is 53.8 Å². The van der Waals surface area contributed by atoms with Crippen LogP contribution in [0.25, 0.3) is 10.9 Å². The number of para-hydroxylation sites is 1. The number of benzene rings is 1. The minimum atomic E-state index is 0.251. The molecule has 1 fully saturated rings. The van der Waals surface area contributed by atoms with Gasteiger partial charge < -0.3 is 18.9 Å². The minimum Gasteiger partial charge on any atom is -0.463 e. The van der Waals surface area contributed by atoms with Gasteiger partial charge in [0.1, 0.15) is 0 Å². The zero-order chi connectivity index (χ0) is 24.7. The van der Waals surface area contributed by atoms with Crippen LogP contribution in [0.4, 0.5) is 11.9 Å². The maximum Gasteiger partial charge on any atom is 0.323 e. The molecule has 1 aliphatic heterocycles. The minimum absolute atomic E-state index is 0.251. The summed E-state index contributed by atoms with van der Waals surface area (Å²) in [7, 11) is 2.02. The summed E-state index contributed by atoms with van der Waals surface area (Å²) in [6.45, 7) is 5.17. The summed E-state index contributed by atoms with van der Waals surface area (Å²) in [6, 6.07) is 14.5. The van der Waals surface area contributed by atoms with Crippen molar-refractivity contribution in [1.82, 2.24) is 24.5 Å². The lowest BCUT2D eigenvalue weighted by molar-refractivity contribution is 0.122. The van der Waals surface area contributed by atoms with E-state index in [9.17, 15) is 0 Å². The molecule has 1 N–H and O–H groups in total. The van der Waals surface area contributed by atoms with Crippen molar-refractivity contribution in [1.29, 1.82) is 0 Å². The zero-order valence-corrected chi connectivity index (χ0v) is 20.6. The van der Waals surface area contributed by atoms with Crippen LogP contribution >= 0.6 is 0 Å². The first-order chi connectivity index (χ1) is 17.7. The average Bonchev–Trinajstić information content (AvgIpc) is 3.24. The van der Waals surface area contributed by atoms with Crippen molar-refractivity contribution in [2.75, 3.05) is 43.2 Å². The van der Waals surface area contributed by atoms with Crippen LogP contribution in [-0.2, 0) is 24.6 Å². The Morgan fingerprint density at radius 3 is 2.72 bits per heavy atom. The van der Waals surface area contributed by atoms with E-state index in [0.717, 1.165) is 34.3 Å². The lowest BCUT2D eigenvalue weighted by Crippen LogP contribution is -2.37. The number of hydrogen-bond acceptors (Lipinski definition) is 9. The van der Waals surface area contributed by atoms with Gasteiger partial charge in [-0.25, -0.2) is 5.43 Å². The molecule has 4 aromatic rings. The van der Waals surface area contributed by atoms with Crippen LogP contribution in [0.3, 0.4) is 0 Å². The first-order valence-corrected chi connectivity index (χ1v) is 12.2. The standard InChI is InChI=1S/C26H30N8O2/c1-3-20-7-6-8-21(28-20)11-14-36-26-30-24(29-25(31-26)34-12-15-35-16-13-34)32-27-17-19-18-33(2)23-10-5-4-9-22(19)23/h4-10,17-18H,3,11-16H2,1-2H3,(H,29,30,31,32). The number of pyridine rings is 1. The van der Waals surface area contributed by atoms with Crippen LogP contribution in [0, 0.1) is 0 Å². The van der Waals surface area contributed by atoms with Gasteiger partial charge in [0.25, 0.3) is 5.95 Å². The molecule has 0 aliphatic carbocycles. The van der Waals surface area contributed by atoms with E-state index in [1.54, 1.807) is 6.21 Å². The first-order valence-electron chi connectivity index (χ1n) is 12.2. The molecule has 0 bridgehead atoms. The second-order valence-electron chi connectivity index (χ2n) is 8.50. The fourth-order valence-corrected chi connectivity index (χ4v) is 4.11. The van der Waals surface area contributed by atoms with Crippen LogP contribution in [0.5, 0.6) is 6.01 Å². The highest BCUT2D eigenvalue weighted by Gasteiger charge is 2.17. The SMILES string of the molecule is CCc1cccc(CCOc2nc(NN=Cc3cn(C)c4ccccc34)nc(N3CCOCC3)n2)n1. The van der Waals surface area contributed by atoms with Crippen molar-refractivity contribution < 1.29 is 9.47 Å². The number of fused-ring (bicyclic) bond motifs is 1. The molecule has 0 atom stereocenters. The number of nitrogens with zero attached hydrogens (tertiary/aromatic N) is 7. The number of nitrogens with one attached hydrogen (secondary N) is 1. The molecule has 1 saturated heterocycles. The molecule has 0 spiro atoms. The van der Waals surface area contributed by atoms with Crippen molar-refractivity contribution in [3.05, 3.63) is 65.6 Å². The third kappa shape index (κ3) is 5.60. The summed E-state index contributed by atoms with van der Waals surface area (Å²) in [6.07, 6.45) is 5.37. The maximum atomic E-state index is 5.93. The number of ether oxygens (including phenoxy) is 2. The van der Waals surface area contributed by atoms with Gasteiger partial charge in [0.2, 0.25) is 5.95 Å². The van der Waals surface area contributed by atoms with Crippen molar-refractivity contribution in [2.24, 2.45) is 12.1 Å². The molecular formula is C26H30N8O2. The number of hydrazone groups is 1. The summed E-state index contributed by atoms with van der Waals surface area (Å²) in [4.78, 5) is 20.2. The Kier molecular flexibility index (Phi) is 7.32. The molecule has 0 saturated carbocycles. The molecule has 186 valence electrons. The molecule has 1 aliphatic rings. The van der Waals surface area contributed by atoms with Crippen LogP contribution in [-0.4, -0.2) is 63.6 Å². The molecule has 4 heterocycles. The Labute approximate surface area is 210 Å². The second-order valence-corrected chi connectivity index (χ2v) is 8.50. The van der Waals surface area contributed by atoms with Crippen molar-refractivity contribution in [3.63, 3.8) is 0 Å². The average molecular weight is 487 g/mol. The number of anilines is 2. The normalized spacial score (nSPS) is 14.0. The highest BCUT2D eigenvalue weighted by Crippen LogP contribution is 2.19. The van der Waals surface area contributed by atoms with Crippen LogP contribution < -0.4 is 15.1 Å². The Bertz CT molecular complexity index is 1350. The molecule has 36 heavy (non-hydrogen) atoms. The zero-order valence-electron chi connectivity index (χ0n) is 20.6. The molecule has 10 heteroatoms. The van der Waals surface area contributed by atoms with E-state index in [1.165, 1.54) is 0 Å². The number of aromatic nitrogens is 5. The van der Waals surface area contributed by atoms with Crippen molar-refractivity contribution >= 4 is 29.0 Å². The fraction of sp³-hybridized carbons (Fsp3) is 0.346. The van der Waals surface area contributed by atoms with Gasteiger partial charge >= 0.3 is 6.01 Å². The van der Waals surface area contributed by atoms with Crippen LogP contribution in [0.1, 0.15) is 23.9 Å². The van der Waals surface area contributed by atoms with E-state index in [4.69, 9.17) is 9.47 Å². The molecule has 0 radical (unpaired) electrons. The molecular weight excluding hydrogens is 456 g/mol. The smallest absolute Gasteiger partial charge is 0.323 e. The Morgan fingerprint density at radius 1 is 1.03 bits per heavy atom. The van der Waals surface area contributed by atoms with E-state index in [2.05, 4.69) is 59.0 Å². The van der Waals surface area contributed by atoms with Crippen molar-refractivity contribution in [3.8, 4) is 6.01 Å². The Balaban J connectivity index is 1.32. The summed E-state index contributed by atoms with van der Waals surface area (Å²) >= 11 is 0. The van der Waals surface area contributed by atoms with Gasteiger partial charge in [-0.05, 0) is 24.6 Å². The molecule has 3 aromatic heterocycles. The van der Waals surface area contributed by atoms with E-state index in [0.29, 0.717) is 51.2 Å². The lowest BCUT2D eigenvalue weighted by Gasteiger charge is -2.26. The summed E-state index contributed by atoms with van der Waals surface area (Å²) in [5.41, 5.74) is 7.15. The van der Waals surface area contributed by atoms with E-state index in [1.807, 2.05) is 43.6 Å². The molecule has 0 unspecified atom stereocenters. The van der Waals surface area contributed by atoms with Gasteiger partial charge in [0, 0.05) is 60.6 Å². The van der Waals surface area contributed by atoms with Gasteiger partial charge in [-0.2, -0.15) is 20.1 Å². The largest absolute Gasteiger partial charge is 0.463 e. The van der Waals surface area contributed by atoms with Gasteiger partial charge in [-0.15, -0.1) is 0 Å². The van der Waals surface area contributed by atoms with Gasteiger partial charge in [-0.1, -0.05) is 31.2 Å². The summed E-state index contributed by atoms with van der Waals surface area (Å²) < 4.78 is 13.5. The van der Waals surface area contributed by atoms with Crippen molar-refractivity contribution in [2.45, 2.75) is 19.8 Å². The molecule has 0 amide bonds. The van der Waals surface area contributed by atoms with Gasteiger partial charge in [-0.3, -0.25) is 4.98 Å². The highest BCUT2D eigenvalue weighted by molar-refractivity contribution is 5.99. The molecule has 1 aromatic carbocycles. The number of hydrogen-bond donors (Lipinski definition) is 1. The summed E-state index contributed by atoms with van der Waals surface area (Å²) in [5.74, 6) is 0.862. The first kappa shape index (κ1) is 23.7. The fourth-order valence-electron chi connectivity index (χ4n) is 4.11. The summed E-state index contributed by atoms with van der Waals surface area (Å²) in [5, 5.41) is 5.52. The van der Waals surface area contributed by atoms with Gasteiger partial charge in [0.05, 0.1) is 26.0 Å². The highest BCUT2D eigenvalue weighted by atomic mass is 16.5. The van der Waals surface area contributed by atoms with Gasteiger partial charge in [0.15, 0.2) is 0 Å². The third-order valence-corrected chi connectivity index (χ3v) is 6.01. The maximum absolute atomic E-state index is 5.93. The second kappa shape index (κ2) is 11.1. The number of morpholine rings is 1. The third-order valence-electron chi connectivity index (χ3n) is 6.01. The van der Waals surface area contributed by atoms with E-state index < -0.39 is 0 Å². The monoisotopic (exact) mass is 486 g/mol. The van der Waals surface area contributed by atoms with Crippen LogP contribution in [0.2, 0.25) is 0 Å². The van der Waals surface area contributed by atoms with E-state index >= 15 is 0 Å². The number of aryl methyl sites for hydroxylation is 2. The van der Waals surface area contributed by atoms with E-state index in [-0.39, 0.29) is 6.01 Å². The Morgan fingerprint density at radius 2 is 1.86 bits per heavy atom. The predicted molar refractivity (Wildman–Crippen MR) is 140 cm³/mol.